The molecule has 0 radical (unpaired) electrons. The third-order valence-electron chi connectivity index (χ3n) is 15.1. The number of nitrogens with one attached hydrogen (secondary N) is 4. The Bertz CT molecular complexity index is 1670. The Balaban J connectivity index is 0.980. The Hall–Kier alpha value is -0.760. The second-order valence-electron chi connectivity index (χ2n) is 21.7. The van der Waals surface area contributed by atoms with E-state index in [1.807, 2.05) is 23.5 Å². The number of unbranched alkanes of at least 4 members (excludes halogenated alkanes) is 6. The highest BCUT2D eigenvalue weighted by molar-refractivity contribution is 7.99. The first kappa shape index (κ1) is 71.7. The van der Waals surface area contributed by atoms with Crippen molar-refractivity contribution in [1.29, 1.82) is 0 Å². The first-order valence-electron chi connectivity index (χ1n) is 29.3. The highest BCUT2D eigenvalue weighted by Gasteiger charge is 2.49. The van der Waals surface area contributed by atoms with Crippen LogP contribution in [-0.4, -0.2) is 258 Å². The molecule has 0 aromatic rings. The zero-order chi connectivity index (χ0) is 58.4. The lowest BCUT2D eigenvalue weighted by Crippen LogP contribution is -2.67. The van der Waals surface area contributed by atoms with Crippen molar-refractivity contribution in [2.45, 2.75) is 206 Å². The van der Waals surface area contributed by atoms with Crippen molar-refractivity contribution in [3.8, 4) is 0 Å². The molecule has 2 heterocycles. The van der Waals surface area contributed by atoms with Gasteiger partial charge in [0.15, 0.2) is 22.8 Å². The maximum atomic E-state index is 10.9. The van der Waals surface area contributed by atoms with E-state index in [0.29, 0.717) is 36.3 Å². The van der Waals surface area contributed by atoms with E-state index in [-0.39, 0.29) is 19.5 Å². The van der Waals surface area contributed by atoms with Crippen molar-refractivity contribution in [3.63, 3.8) is 0 Å². The number of ether oxygens (including phenoxy) is 6. The molecule has 27 N–H and O–H groups in total. The zero-order valence-corrected chi connectivity index (χ0v) is 50.4. The van der Waals surface area contributed by atoms with Gasteiger partial charge in [-0.1, -0.05) is 12.8 Å². The average molecular weight is 1220 g/mol. The Kier molecular flexibility index (Phi) is 36.4. The molecule has 4 aliphatic rings. The molecule has 29 heteroatoms. The lowest BCUT2D eigenvalue weighted by molar-refractivity contribution is -0.291. The molecule has 0 amide bonds. The van der Waals surface area contributed by atoms with Crippen LogP contribution in [0, 0.1) is 0 Å². The quantitative estimate of drug-likeness (QED) is 0.0205. The smallest absolute Gasteiger partial charge is 0.176 e. The van der Waals surface area contributed by atoms with Gasteiger partial charge < -0.3 is 132 Å². The van der Waals surface area contributed by atoms with E-state index in [9.17, 15) is 25.5 Å². The summed E-state index contributed by atoms with van der Waals surface area (Å²) in [5.41, 5.74) is 54.8. The van der Waals surface area contributed by atoms with Crippen molar-refractivity contribution < 1.29 is 54.0 Å². The van der Waals surface area contributed by atoms with Crippen molar-refractivity contribution in [1.82, 2.24) is 26.2 Å². The molecule has 0 aromatic carbocycles. The van der Waals surface area contributed by atoms with Gasteiger partial charge in [-0.25, -0.2) is 0 Å². The summed E-state index contributed by atoms with van der Waals surface area (Å²) in [6.45, 7) is 7.79. The summed E-state index contributed by atoms with van der Waals surface area (Å²) in [6.07, 6.45) is -0.0245. The van der Waals surface area contributed by atoms with Crippen molar-refractivity contribution >= 4 is 58.2 Å². The third kappa shape index (κ3) is 25.3. The predicted octanol–water partition coefficient (Wildman–Crippen LogP) is -4.19. The van der Waals surface area contributed by atoms with Gasteiger partial charge in [-0.2, -0.15) is 23.5 Å². The van der Waals surface area contributed by atoms with E-state index in [1.54, 1.807) is 0 Å². The first-order chi connectivity index (χ1) is 38.5. The van der Waals surface area contributed by atoms with Gasteiger partial charge in [-0.3, -0.25) is 0 Å². The summed E-state index contributed by atoms with van der Waals surface area (Å²) in [4.78, 5) is 2.54. The molecule has 2 aliphatic heterocycles. The van der Waals surface area contributed by atoms with Crippen LogP contribution in [-0.2, 0) is 28.4 Å². The normalized spacial score (nSPS) is 33.9. The Morgan fingerprint density at radius 1 is 0.475 bits per heavy atom. The summed E-state index contributed by atoms with van der Waals surface area (Å²) in [6, 6.07) is -3.82. The Labute approximate surface area is 495 Å². The van der Waals surface area contributed by atoms with E-state index in [2.05, 4.69) is 26.2 Å². The van der Waals surface area contributed by atoms with Crippen LogP contribution in [0.2, 0.25) is 0 Å². The monoisotopic (exact) mass is 1220 g/mol. The standard InChI is InChI=1S/C51H106N14O11S4/c52-12-3-1-5-17-65(18-6-4-13-61-50(77)63-16-25-80-23-10-8-21-72-46-40(67)31(55)26-33(57)44(46)75-48-35(59)28-36(66)37(29-53)73-48)19-11-14-62-51(78)64-15-24-79-22-9-2-7-20-71-47-41(68)32(56)27-34(58)45(47)76-49-39(60)43(70)42(69)38(30-54)74-49/h31-49,66-70H,1-30,52-60H2,(H2,61,63,77)(H2,62,64,78)/t31-,32-,33?,34?,35?,36+,37?,38?,39?,40?,41?,42-,43-,44+,45+,46-,47-,48+,49+/m1/s1. The van der Waals surface area contributed by atoms with Gasteiger partial charge in [-0.05, 0) is 139 Å². The first-order valence-corrected chi connectivity index (χ1v) is 32.4. The number of nitrogens with two attached hydrogens (primary N) is 9. The zero-order valence-electron chi connectivity index (χ0n) is 47.1. The van der Waals surface area contributed by atoms with E-state index in [4.69, 9.17) is 104 Å². The second kappa shape index (κ2) is 40.6. The highest BCUT2D eigenvalue weighted by atomic mass is 32.2. The van der Waals surface area contributed by atoms with Crippen LogP contribution >= 0.6 is 48.0 Å². The lowest BCUT2D eigenvalue weighted by Gasteiger charge is -2.46. The van der Waals surface area contributed by atoms with Crippen molar-refractivity contribution in [3.05, 3.63) is 0 Å². The van der Waals surface area contributed by atoms with E-state index in [1.165, 1.54) is 0 Å². The third-order valence-corrected chi connectivity index (χ3v) is 17.8. The largest absolute Gasteiger partial charge is 0.390 e. The summed E-state index contributed by atoms with van der Waals surface area (Å²) in [7, 11) is 0. The van der Waals surface area contributed by atoms with Gasteiger partial charge in [-0.15, -0.1) is 0 Å². The molecule has 80 heavy (non-hydrogen) atoms. The van der Waals surface area contributed by atoms with Gasteiger partial charge in [0.1, 0.15) is 42.7 Å². The number of hydrogen-bond acceptors (Lipinski definition) is 25. The fourth-order valence-corrected chi connectivity index (χ4v) is 12.4. The highest BCUT2D eigenvalue weighted by Crippen LogP contribution is 2.31. The van der Waals surface area contributed by atoms with E-state index >= 15 is 0 Å². The maximum absolute atomic E-state index is 10.9. The van der Waals surface area contributed by atoms with Gasteiger partial charge in [0.2, 0.25) is 0 Å². The summed E-state index contributed by atoms with van der Waals surface area (Å²) in [5, 5.41) is 67.5. The molecule has 0 spiro atoms. The minimum Gasteiger partial charge on any atom is -0.390 e. The van der Waals surface area contributed by atoms with Gasteiger partial charge in [0, 0.05) is 88.2 Å². The van der Waals surface area contributed by atoms with Crippen LogP contribution in [0.25, 0.3) is 0 Å². The number of rotatable bonds is 39. The SMILES string of the molecule is NCCCCCN(CCCCNC(=S)NCCSCCCCO[C@@H]1C(O)[C@H](N)CC(N)[C@@H]1O[C@@H]1OC(CN)[C@@H](O)CC1N)CCCNC(=S)NCCSCCCCCO[C@@H]1C(O)[C@H](N)CC(N)[C@@H]1O[C@@H]1OC(CN)[C@@H](O)[C@H](O)C1N. The molecular weight excluding hydrogens is 1110 g/mol. The molecule has 4 rings (SSSR count). The number of aliphatic hydroxyl groups is 5. The predicted molar refractivity (Wildman–Crippen MR) is 325 cm³/mol. The molecule has 470 valence electrons. The number of hydrogen-bond donors (Lipinski definition) is 18. The summed E-state index contributed by atoms with van der Waals surface area (Å²) in [5.74, 6) is 3.78. The van der Waals surface area contributed by atoms with Crippen LogP contribution in [0.5, 0.6) is 0 Å². The Morgan fingerprint density at radius 3 is 1.51 bits per heavy atom. The van der Waals surface area contributed by atoms with Gasteiger partial charge >= 0.3 is 0 Å². The number of nitrogens with zero attached hydrogens (tertiary/aromatic N) is 1. The molecule has 0 aromatic heterocycles. The topological polar surface area (TPSA) is 442 Å². The number of thiocarbonyl (C=S) groups is 2. The van der Waals surface area contributed by atoms with Crippen molar-refractivity contribution in [2.24, 2.45) is 51.6 Å². The lowest BCUT2D eigenvalue weighted by atomic mass is 9.84. The van der Waals surface area contributed by atoms with Gasteiger partial charge in [0.05, 0.1) is 36.5 Å². The van der Waals surface area contributed by atoms with Crippen LogP contribution in [0.4, 0.5) is 0 Å². The minimum absolute atomic E-state index is 0.0416. The summed E-state index contributed by atoms with van der Waals surface area (Å²) >= 11 is 14.8. The number of aliphatic hydroxyl groups excluding tert-OH is 5. The molecule has 2 saturated carbocycles. The van der Waals surface area contributed by atoms with Crippen LogP contribution < -0.4 is 72.9 Å². The van der Waals surface area contributed by atoms with Crippen molar-refractivity contribution in [2.75, 3.05) is 102 Å². The minimum atomic E-state index is -1.31. The Morgan fingerprint density at radius 2 is 0.950 bits per heavy atom. The number of thioether (sulfide) groups is 2. The van der Waals surface area contributed by atoms with Crippen LogP contribution in [0.3, 0.4) is 0 Å². The molecule has 25 nitrogen and oxygen atoms in total. The van der Waals surface area contributed by atoms with E-state index < -0.39 is 116 Å². The maximum Gasteiger partial charge on any atom is 0.176 e. The molecular formula is C51H106N14O11S4. The molecule has 4 fully saturated rings. The van der Waals surface area contributed by atoms with Crippen LogP contribution in [0.1, 0.15) is 89.9 Å². The van der Waals surface area contributed by atoms with Gasteiger partial charge in [0.25, 0.3) is 0 Å². The molecule has 2 saturated heterocycles. The molecule has 8 unspecified atom stereocenters. The summed E-state index contributed by atoms with van der Waals surface area (Å²) < 4.78 is 36.2. The fraction of sp³-hybridized carbons (Fsp3) is 0.961. The molecule has 0 bridgehead atoms. The average Bonchev–Trinajstić information content (AvgIpc) is 3.43. The molecule has 2 aliphatic carbocycles. The van der Waals surface area contributed by atoms with Crippen LogP contribution in [0.15, 0.2) is 0 Å². The fourth-order valence-electron chi connectivity index (χ4n) is 10.3. The van der Waals surface area contributed by atoms with E-state index in [0.717, 1.165) is 146 Å². The second-order valence-corrected chi connectivity index (χ2v) is 24.9. The molecule has 19 atom stereocenters.